The fourth-order valence-electron chi connectivity index (χ4n) is 3.22. The van der Waals surface area contributed by atoms with Crippen molar-refractivity contribution in [1.82, 2.24) is 10.2 Å². The lowest BCUT2D eigenvalue weighted by Crippen LogP contribution is -2.43. The van der Waals surface area contributed by atoms with Crippen molar-refractivity contribution in [2.45, 2.75) is 44.7 Å². The van der Waals surface area contributed by atoms with Gasteiger partial charge in [-0.3, -0.25) is 4.79 Å². The number of piperidine rings is 1. The van der Waals surface area contributed by atoms with Crippen molar-refractivity contribution < 1.29 is 4.79 Å². The summed E-state index contributed by atoms with van der Waals surface area (Å²) in [5.74, 6) is 0.544. The van der Waals surface area contributed by atoms with Crippen LogP contribution in [0.5, 0.6) is 0 Å². The van der Waals surface area contributed by atoms with Gasteiger partial charge in [-0.2, -0.15) is 0 Å². The average molecular weight is 343 g/mol. The Balaban J connectivity index is 0.00000176. The van der Waals surface area contributed by atoms with Gasteiger partial charge in [0.25, 0.3) is 0 Å². The Kier molecular flexibility index (Phi) is 6.13. The summed E-state index contributed by atoms with van der Waals surface area (Å²) in [5, 5.41) is 4.08. The van der Waals surface area contributed by atoms with E-state index in [-0.39, 0.29) is 24.4 Å². The summed E-state index contributed by atoms with van der Waals surface area (Å²) in [6, 6.07) is 8.48. The molecule has 5 heteroatoms. The van der Waals surface area contributed by atoms with Crippen molar-refractivity contribution in [3.05, 3.63) is 34.9 Å². The summed E-state index contributed by atoms with van der Waals surface area (Å²) >= 11 is 5.97. The van der Waals surface area contributed by atoms with Crippen LogP contribution in [-0.2, 0) is 4.79 Å². The molecule has 0 aromatic heterocycles. The quantitative estimate of drug-likeness (QED) is 0.902. The molecule has 3 rings (SSSR count). The lowest BCUT2D eigenvalue weighted by molar-refractivity contribution is -0.139. The van der Waals surface area contributed by atoms with Gasteiger partial charge in [-0.25, -0.2) is 0 Å². The Morgan fingerprint density at radius 1 is 1.18 bits per heavy atom. The van der Waals surface area contributed by atoms with Gasteiger partial charge < -0.3 is 10.2 Å². The van der Waals surface area contributed by atoms with Gasteiger partial charge in [-0.05, 0) is 63.4 Å². The third-order valence-corrected chi connectivity index (χ3v) is 4.90. The van der Waals surface area contributed by atoms with E-state index in [1.54, 1.807) is 0 Å². The molecule has 1 unspecified atom stereocenters. The molecule has 122 valence electrons. The molecular formula is C17H24Cl2N2O. The highest BCUT2D eigenvalue weighted by Crippen LogP contribution is 2.36. The molecule has 0 spiro atoms. The SMILES string of the molecule is CC(c1ccc(Cl)cc1)N(C(=O)C1CCNCC1)C1CC1.Cl. The summed E-state index contributed by atoms with van der Waals surface area (Å²) in [6.45, 7) is 4.06. The van der Waals surface area contributed by atoms with Crippen LogP contribution >= 0.6 is 24.0 Å². The number of carbonyl (C=O) groups is 1. The zero-order valence-corrected chi connectivity index (χ0v) is 14.5. The van der Waals surface area contributed by atoms with Gasteiger partial charge in [0.15, 0.2) is 0 Å². The molecule has 22 heavy (non-hydrogen) atoms. The molecule has 2 aliphatic rings. The van der Waals surface area contributed by atoms with Gasteiger partial charge in [-0.15, -0.1) is 12.4 Å². The largest absolute Gasteiger partial charge is 0.333 e. The van der Waals surface area contributed by atoms with Crippen molar-refractivity contribution in [1.29, 1.82) is 0 Å². The Morgan fingerprint density at radius 2 is 1.77 bits per heavy atom. The smallest absolute Gasteiger partial charge is 0.226 e. The van der Waals surface area contributed by atoms with Crippen LogP contribution in [0.25, 0.3) is 0 Å². The predicted molar refractivity (Wildman–Crippen MR) is 92.6 cm³/mol. The number of rotatable bonds is 4. The molecule has 1 saturated carbocycles. The van der Waals surface area contributed by atoms with Crippen LogP contribution in [0.3, 0.4) is 0 Å². The maximum absolute atomic E-state index is 12.9. The van der Waals surface area contributed by atoms with E-state index < -0.39 is 0 Å². The summed E-state index contributed by atoms with van der Waals surface area (Å²) in [5.41, 5.74) is 1.17. The van der Waals surface area contributed by atoms with E-state index in [0.717, 1.165) is 43.8 Å². The lowest BCUT2D eigenvalue weighted by atomic mass is 9.95. The summed E-state index contributed by atoms with van der Waals surface area (Å²) in [6.07, 6.45) is 4.23. The molecule has 1 aliphatic carbocycles. The van der Waals surface area contributed by atoms with Crippen molar-refractivity contribution in [3.8, 4) is 0 Å². The molecule has 1 amide bonds. The molecule has 1 heterocycles. The van der Waals surface area contributed by atoms with E-state index in [1.807, 2.05) is 24.3 Å². The maximum atomic E-state index is 12.9. The molecule has 0 bridgehead atoms. The van der Waals surface area contributed by atoms with Crippen molar-refractivity contribution in [2.75, 3.05) is 13.1 Å². The normalized spacial score (nSPS) is 20.1. The Labute approximate surface area is 143 Å². The first-order chi connectivity index (χ1) is 10.2. The van der Waals surface area contributed by atoms with Crippen LogP contribution in [0, 0.1) is 5.92 Å². The van der Waals surface area contributed by atoms with E-state index in [2.05, 4.69) is 17.1 Å². The van der Waals surface area contributed by atoms with Crippen LogP contribution < -0.4 is 5.32 Å². The van der Waals surface area contributed by atoms with Gasteiger partial charge in [0, 0.05) is 17.0 Å². The monoisotopic (exact) mass is 342 g/mol. The van der Waals surface area contributed by atoms with Gasteiger partial charge >= 0.3 is 0 Å². The zero-order chi connectivity index (χ0) is 14.8. The highest BCUT2D eigenvalue weighted by atomic mass is 35.5. The summed E-state index contributed by atoms with van der Waals surface area (Å²) in [4.78, 5) is 15.1. The molecule has 1 aromatic rings. The average Bonchev–Trinajstić information content (AvgIpc) is 3.33. The molecule has 1 N–H and O–H groups in total. The number of benzene rings is 1. The van der Waals surface area contributed by atoms with Gasteiger partial charge in [0.1, 0.15) is 0 Å². The second-order valence-corrected chi connectivity index (χ2v) is 6.66. The van der Waals surface area contributed by atoms with Gasteiger partial charge in [-0.1, -0.05) is 23.7 Å². The van der Waals surface area contributed by atoms with Crippen molar-refractivity contribution >= 4 is 29.9 Å². The third-order valence-electron chi connectivity index (χ3n) is 4.65. The zero-order valence-electron chi connectivity index (χ0n) is 12.9. The van der Waals surface area contributed by atoms with E-state index in [9.17, 15) is 4.79 Å². The molecular weight excluding hydrogens is 319 g/mol. The number of carbonyl (C=O) groups excluding carboxylic acids is 1. The minimum atomic E-state index is 0. The van der Waals surface area contributed by atoms with Crippen molar-refractivity contribution in [2.24, 2.45) is 5.92 Å². The van der Waals surface area contributed by atoms with Crippen LogP contribution in [-0.4, -0.2) is 29.9 Å². The van der Waals surface area contributed by atoms with Gasteiger partial charge in [0.2, 0.25) is 5.91 Å². The predicted octanol–water partition coefficient (Wildman–Crippen LogP) is 3.81. The number of hydrogen-bond donors (Lipinski definition) is 1. The highest BCUT2D eigenvalue weighted by Gasteiger charge is 2.39. The molecule has 1 saturated heterocycles. The highest BCUT2D eigenvalue weighted by molar-refractivity contribution is 6.30. The molecule has 0 radical (unpaired) electrons. The second kappa shape index (κ2) is 7.67. The van der Waals surface area contributed by atoms with Crippen LogP contribution in [0.2, 0.25) is 5.02 Å². The lowest BCUT2D eigenvalue weighted by Gasteiger charge is -2.34. The van der Waals surface area contributed by atoms with Crippen LogP contribution in [0.1, 0.15) is 44.2 Å². The van der Waals surface area contributed by atoms with Crippen LogP contribution in [0.15, 0.2) is 24.3 Å². The standard InChI is InChI=1S/C17H23ClN2O.ClH/c1-12(13-2-4-15(18)5-3-13)20(16-6-7-16)17(21)14-8-10-19-11-9-14;/h2-5,12,14,16,19H,6-11H2,1H3;1H. The number of halogens is 2. The molecule has 1 atom stereocenters. The first kappa shape index (κ1) is 17.6. The minimum absolute atomic E-state index is 0. The third kappa shape index (κ3) is 3.95. The molecule has 1 aliphatic heterocycles. The van der Waals surface area contributed by atoms with E-state index in [4.69, 9.17) is 11.6 Å². The number of nitrogens with zero attached hydrogens (tertiary/aromatic N) is 1. The Bertz CT molecular complexity index is 496. The summed E-state index contributed by atoms with van der Waals surface area (Å²) < 4.78 is 0. The van der Waals surface area contributed by atoms with Gasteiger partial charge in [0.05, 0.1) is 6.04 Å². The fourth-order valence-corrected chi connectivity index (χ4v) is 3.35. The summed E-state index contributed by atoms with van der Waals surface area (Å²) in [7, 11) is 0. The first-order valence-corrected chi connectivity index (χ1v) is 8.33. The molecule has 1 aromatic carbocycles. The topological polar surface area (TPSA) is 32.3 Å². The van der Waals surface area contributed by atoms with E-state index >= 15 is 0 Å². The minimum Gasteiger partial charge on any atom is -0.333 e. The molecule has 3 nitrogen and oxygen atoms in total. The number of nitrogens with one attached hydrogen (secondary N) is 1. The Hall–Kier alpha value is -0.770. The maximum Gasteiger partial charge on any atom is 0.226 e. The Morgan fingerprint density at radius 3 is 2.32 bits per heavy atom. The van der Waals surface area contributed by atoms with Crippen LogP contribution in [0.4, 0.5) is 0 Å². The molecule has 2 fully saturated rings. The van der Waals surface area contributed by atoms with E-state index in [1.165, 1.54) is 5.56 Å². The van der Waals surface area contributed by atoms with Crippen molar-refractivity contribution in [3.63, 3.8) is 0 Å². The second-order valence-electron chi connectivity index (χ2n) is 6.23. The number of hydrogen-bond acceptors (Lipinski definition) is 2. The number of amides is 1. The first-order valence-electron chi connectivity index (χ1n) is 7.95. The van der Waals surface area contributed by atoms with E-state index in [0.29, 0.717) is 11.9 Å². The fraction of sp³-hybridized carbons (Fsp3) is 0.588.